The van der Waals surface area contributed by atoms with Gasteiger partial charge in [-0.15, -0.1) is 10.2 Å². The highest BCUT2D eigenvalue weighted by atomic mass is 16.5. The lowest BCUT2D eigenvalue weighted by atomic mass is 9.64. The predicted molar refractivity (Wildman–Crippen MR) is 129 cm³/mol. The van der Waals surface area contributed by atoms with Crippen LogP contribution >= 0.6 is 0 Å². The molecular formula is C23H27N9O3. The average Bonchev–Trinajstić information content (AvgIpc) is 3.22. The molecule has 1 spiro atoms. The first-order valence-corrected chi connectivity index (χ1v) is 11.1. The number of amides is 3. The third kappa shape index (κ3) is 4.22. The van der Waals surface area contributed by atoms with Gasteiger partial charge in [0.15, 0.2) is 23.1 Å². The minimum absolute atomic E-state index is 0.0963. The molecule has 2 fully saturated rings. The molecule has 3 amide bonds. The monoisotopic (exact) mass is 480 g/mol. The lowest BCUT2D eigenvalue weighted by Crippen LogP contribution is -2.62. The summed E-state index contributed by atoms with van der Waals surface area (Å²) in [6.45, 7) is -1.34. The second-order valence-electron chi connectivity index (χ2n) is 8.84. The molecule has 1 saturated heterocycles. The zero-order valence-electron chi connectivity index (χ0n) is 22.3. The van der Waals surface area contributed by atoms with Crippen molar-refractivity contribution in [2.24, 2.45) is 12.5 Å². The molecule has 0 bridgehead atoms. The number of carbonyl (C=O) groups is 2. The SMILES string of the molecule is [2H]C([2H])([2H])NC(=O)c1nnc(NC(=O)N2CC3(CCC3)C2)cc1Nc1cccc(-c2ncn(C)n2)c1OC. The summed E-state index contributed by atoms with van der Waals surface area (Å²) in [6.07, 6.45) is 5.01. The number of aromatic nitrogens is 5. The lowest BCUT2D eigenvalue weighted by molar-refractivity contribution is -0.0289. The Morgan fingerprint density at radius 1 is 1.20 bits per heavy atom. The number of aryl methyl sites for hydroxylation is 1. The van der Waals surface area contributed by atoms with Gasteiger partial charge in [-0.1, -0.05) is 12.5 Å². The molecule has 1 saturated carbocycles. The first-order chi connectivity index (χ1) is 18.1. The van der Waals surface area contributed by atoms with E-state index < -0.39 is 12.9 Å². The van der Waals surface area contributed by atoms with E-state index in [1.165, 1.54) is 19.6 Å². The van der Waals surface area contributed by atoms with Gasteiger partial charge in [0.2, 0.25) is 0 Å². The maximum Gasteiger partial charge on any atom is 0.323 e. The van der Waals surface area contributed by atoms with Crippen molar-refractivity contribution in [2.75, 3.05) is 37.8 Å². The van der Waals surface area contributed by atoms with E-state index in [1.807, 2.05) is 5.32 Å². The molecule has 5 rings (SSSR count). The molecule has 2 aromatic heterocycles. The highest BCUT2D eigenvalue weighted by Crippen LogP contribution is 2.48. The molecule has 12 nitrogen and oxygen atoms in total. The van der Waals surface area contributed by atoms with Gasteiger partial charge >= 0.3 is 6.03 Å². The Kier molecular flexibility index (Phi) is 4.84. The number of methoxy groups -OCH3 is 1. The van der Waals surface area contributed by atoms with Crippen molar-refractivity contribution in [2.45, 2.75) is 19.3 Å². The molecule has 0 unspecified atom stereocenters. The van der Waals surface area contributed by atoms with Gasteiger partial charge in [0.05, 0.1) is 24.0 Å². The predicted octanol–water partition coefficient (Wildman–Crippen LogP) is 2.40. The standard InChI is InChI=1S/C23H27N9O3/c1-24-21(33)18-16(10-17(28-29-18)27-22(34)32-11-23(12-32)8-5-9-23)26-15-7-4-6-14(19(15)35-3)20-25-13-31(2)30-20/h4,6-7,10,13H,5,8-9,11-12H2,1-3H3,(H,24,33)(H2,26,27,28,34)/i1D3. The van der Waals surface area contributed by atoms with E-state index in [4.69, 9.17) is 8.85 Å². The van der Waals surface area contributed by atoms with Crippen LogP contribution in [0.4, 0.5) is 22.0 Å². The summed E-state index contributed by atoms with van der Waals surface area (Å²) in [7, 11) is 3.22. The number of nitrogens with one attached hydrogen (secondary N) is 3. The molecule has 1 aliphatic heterocycles. The van der Waals surface area contributed by atoms with Crippen LogP contribution in [0.1, 0.15) is 33.9 Å². The fraction of sp³-hybridized carbons (Fsp3) is 0.391. The molecule has 182 valence electrons. The Morgan fingerprint density at radius 2 is 2.03 bits per heavy atom. The van der Waals surface area contributed by atoms with Crippen LogP contribution in [0, 0.1) is 5.41 Å². The molecular weight excluding hydrogens is 450 g/mol. The van der Waals surface area contributed by atoms with Crippen LogP contribution in [0.2, 0.25) is 0 Å². The summed E-state index contributed by atoms with van der Waals surface area (Å²) in [4.78, 5) is 31.5. The van der Waals surface area contributed by atoms with E-state index in [-0.39, 0.29) is 28.6 Å². The molecule has 2 aliphatic rings. The Balaban J connectivity index is 1.44. The summed E-state index contributed by atoms with van der Waals surface area (Å²) in [5.74, 6) is -0.0596. The lowest BCUT2D eigenvalue weighted by Gasteiger charge is -2.55. The molecule has 1 aliphatic carbocycles. The highest BCUT2D eigenvalue weighted by Gasteiger charge is 2.49. The Bertz CT molecular complexity index is 1380. The number of urea groups is 1. The number of likely N-dealkylation sites (tertiary alicyclic amines) is 1. The van der Waals surface area contributed by atoms with Crippen molar-refractivity contribution < 1.29 is 18.4 Å². The van der Waals surface area contributed by atoms with Gasteiger partial charge in [0.1, 0.15) is 6.33 Å². The Morgan fingerprint density at radius 3 is 2.69 bits per heavy atom. The number of hydrogen-bond donors (Lipinski definition) is 3. The molecule has 3 aromatic rings. The summed E-state index contributed by atoms with van der Waals surface area (Å²) in [6, 6.07) is 6.33. The summed E-state index contributed by atoms with van der Waals surface area (Å²) < 4.78 is 29.3. The van der Waals surface area contributed by atoms with Crippen molar-refractivity contribution in [1.29, 1.82) is 0 Å². The van der Waals surface area contributed by atoms with Gasteiger partial charge in [0.25, 0.3) is 5.91 Å². The maximum absolute atomic E-state index is 12.8. The molecule has 35 heavy (non-hydrogen) atoms. The van der Waals surface area contributed by atoms with Gasteiger partial charge in [0, 0.05) is 42.7 Å². The number of benzene rings is 1. The second-order valence-corrected chi connectivity index (χ2v) is 8.84. The van der Waals surface area contributed by atoms with Crippen molar-refractivity contribution >= 4 is 29.1 Å². The quantitative estimate of drug-likeness (QED) is 0.489. The molecule has 1 aromatic carbocycles. The molecule has 0 atom stereocenters. The van der Waals surface area contributed by atoms with E-state index in [1.54, 1.807) is 41.2 Å². The zero-order valence-corrected chi connectivity index (χ0v) is 19.3. The van der Waals surface area contributed by atoms with Crippen LogP contribution in [0.5, 0.6) is 5.75 Å². The number of hydrogen-bond acceptors (Lipinski definition) is 8. The third-order valence-electron chi connectivity index (χ3n) is 6.44. The van der Waals surface area contributed by atoms with Crippen molar-refractivity contribution in [3.8, 4) is 17.1 Å². The minimum Gasteiger partial charge on any atom is -0.494 e. The number of para-hydroxylation sites is 1. The van der Waals surface area contributed by atoms with E-state index in [0.717, 1.165) is 12.8 Å². The average molecular weight is 481 g/mol. The first-order valence-electron chi connectivity index (χ1n) is 12.6. The fourth-order valence-electron chi connectivity index (χ4n) is 4.50. The third-order valence-corrected chi connectivity index (χ3v) is 6.44. The number of rotatable bonds is 6. The summed E-state index contributed by atoms with van der Waals surface area (Å²) in [5, 5.41) is 19.9. The number of ether oxygens (including phenoxy) is 1. The highest BCUT2D eigenvalue weighted by molar-refractivity contribution is 5.99. The van der Waals surface area contributed by atoms with Gasteiger partial charge in [-0.3, -0.25) is 14.8 Å². The van der Waals surface area contributed by atoms with Crippen LogP contribution in [-0.2, 0) is 7.05 Å². The van der Waals surface area contributed by atoms with E-state index >= 15 is 0 Å². The number of nitrogens with zero attached hydrogens (tertiary/aromatic N) is 6. The normalized spacial score (nSPS) is 17.3. The number of anilines is 3. The van der Waals surface area contributed by atoms with Crippen molar-refractivity contribution in [1.82, 2.24) is 35.2 Å². The summed E-state index contributed by atoms with van der Waals surface area (Å²) in [5.41, 5.74) is 1.11. The van der Waals surface area contributed by atoms with Gasteiger partial charge in [-0.25, -0.2) is 9.78 Å². The largest absolute Gasteiger partial charge is 0.494 e. The van der Waals surface area contributed by atoms with Gasteiger partial charge in [-0.05, 0) is 25.0 Å². The van der Waals surface area contributed by atoms with Crippen LogP contribution in [0.15, 0.2) is 30.6 Å². The van der Waals surface area contributed by atoms with Gasteiger partial charge in [-0.2, -0.15) is 5.10 Å². The first kappa shape index (κ1) is 19.1. The van der Waals surface area contributed by atoms with E-state index in [2.05, 4.69) is 30.9 Å². The second kappa shape index (κ2) is 8.85. The van der Waals surface area contributed by atoms with Crippen LogP contribution in [-0.4, -0.2) is 69.0 Å². The van der Waals surface area contributed by atoms with Crippen LogP contribution in [0.3, 0.4) is 0 Å². The van der Waals surface area contributed by atoms with Crippen molar-refractivity contribution in [3.63, 3.8) is 0 Å². The van der Waals surface area contributed by atoms with Crippen LogP contribution < -0.4 is 20.7 Å². The topological polar surface area (TPSA) is 139 Å². The molecule has 12 heteroatoms. The van der Waals surface area contributed by atoms with Crippen LogP contribution in [0.25, 0.3) is 11.4 Å². The Labute approximate surface area is 206 Å². The zero-order chi connectivity index (χ0) is 27.1. The molecule has 3 heterocycles. The molecule has 3 N–H and O–H groups in total. The summed E-state index contributed by atoms with van der Waals surface area (Å²) >= 11 is 0. The van der Waals surface area contributed by atoms with E-state index in [0.29, 0.717) is 35.9 Å². The van der Waals surface area contributed by atoms with Crippen molar-refractivity contribution in [3.05, 3.63) is 36.3 Å². The smallest absolute Gasteiger partial charge is 0.323 e. The van der Waals surface area contributed by atoms with Gasteiger partial charge < -0.3 is 20.3 Å². The minimum atomic E-state index is -2.74. The fourth-order valence-corrected chi connectivity index (χ4v) is 4.50. The number of carbonyl (C=O) groups excluding carboxylic acids is 2. The molecule has 0 radical (unpaired) electrons. The Hall–Kier alpha value is -4.22. The maximum atomic E-state index is 12.8. The van der Waals surface area contributed by atoms with E-state index in [9.17, 15) is 9.59 Å².